The lowest BCUT2D eigenvalue weighted by molar-refractivity contribution is 0.0967. The summed E-state index contributed by atoms with van der Waals surface area (Å²) in [5, 5.41) is 0. The maximum absolute atomic E-state index is 13.7. The number of carbonyl (C=O) groups is 1. The number of benzene rings is 1. The summed E-state index contributed by atoms with van der Waals surface area (Å²) in [5.41, 5.74) is 0.805. The molecule has 0 radical (unpaired) electrons. The van der Waals surface area contributed by atoms with Gasteiger partial charge in [0.2, 0.25) is 0 Å². The van der Waals surface area contributed by atoms with Crippen LogP contribution in [0.25, 0.3) is 0 Å². The van der Waals surface area contributed by atoms with Crippen molar-refractivity contribution in [3.05, 3.63) is 23.0 Å². The van der Waals surface area contributed by atoms with Crippen molar-refractivity contribution in [2.45, 2.75) is 19.3 Å². The van der Waals surface area contributed by atoms with Gasteiger partial charge in [-0.15, -0.1) is 0 Å². The molecule has 2 rings (SSSR count). The SMILES string of the molecule is COc1cc(F)c2c(c1OC)C(=O)CCC2. The van der Waals surface area contributed by atoms with Crippen LogP contribution in [0.5, 0.6) is 11.5 Å². The van der Waals surface area contributed by atoms with Crippen molar-refractivity contribution in [1.82, 2.24) is 0 Å². The summed E-state index contributed by atoms with van der Waals surface area (Å²) in [5.74, 6) is 0.161. The molecule has 16 heavy (non-hydrogen) atoms. The smallest absolute Gasteiger partial charge is 0.172 e. The van der Waals surface area contributed by atoms with Gasteiger partial charge in [-0.05, 0) is 12.8 Å². The largest absolute Gasteiger partial charge is 0.493 e. The summed E-state index contributed by atoms with van der Waals surface area (Å²) in [6.45, 7) is 0. The van der Waals surface area contributed by atoms with Gasteiger partial charge in [-0.25, -0.2) is 4.39 Å². The standard InChI is InChI=1S/C12H13FO3/c1-15-10-6-8(13)7-4-3-5-9(14)11(7)12(10)16-2/h6H,3-5H2,1-2H3. The topological polar surface area (TPSA) is 35.5 Å². The van der Waals surface area contributed by atoms with E-state index in [9.17, 15) is 9.18 Å². The van der Waals surface area contributed by atoms with E-state index in [-0.39, 0.29) is 17.3 Å². The van der Waals surface area contributed by atoms with Gasteiger partial charge in [0.1, 0.15) is 5.82 Å². The number of hydrogen-bond donors (Lipinski definition) is 0. The number of rotatable bonds is 2. The van der Waals surface area contributed by atoms with Gasteiger partial charge in [-0.3, -0.25) is 4.79 Å². The van der Waals surface area contributed by atoms with Gasteiger partial charge in [-0.1, -0.05) is 0 Å². The molecule has 0 saturated carbocycles. The first-order chi connectivity index (χ1) is 7.69. The number of ether oxygens (including phenoxy) is 2. The van der Waals surface area contributed by atoms with Crippen molar-refractivity contribution >= 4 is 5.78 Å². The van der Waals surface area contributed by atoms with E-state index in [0.717, 1.165) is 0 Å². The van der Waals surface area contributed by atoms with Crippen LogP contribution in [0.3, 0.4) is 0 Å². The Balaban J connectivity index is 2.70. The molecule has 86 valence electrons. The summed E-state index contributed by atoms with van der Waals surface area (Å²) in [4.78, 5) is 11.8. The van der Waals surface area contributed by atoms with Crippen LogP contribution in [0.2, 0.25) is 0 Å². The second-order valence-corrected chi connectivity index (χ2v) is 3.72. The van der Waals surface area contributed by atoms with E-state index in [1.54, 1.807) is 0 Å². The van der Waals surface area contributed by atoms with Gasteiger partial charge in [0.15, 0.2) is 17.3 Å². The van der Waals surface area contributed by atoms with Gasteiger partial charge < -0.3 is 9.47 Å². The van der Waals surface area contributed by atoms with Crippen molar-refractivity contribution in [3.63, 3.8) is 0 Å². The molecule has 0 aliphatic heterocycles. The fourth-order valence-electron chi connectivity index (χ4n) is 2.09. The fraction of sp³-hybridized carbons (Fsp3) is 0.417. The highest BCUT2D eigenvalue weighted by molar-refractivity contribution is 6.01. The summed E-state index contributed by atoms with van der Waals surface area (Å²) in [6.07, 6.45) is 1.71. The molecule has 1 aliphatic rings. The normalized spacial score (nSPS) is 14.6. The first-order valence-electron chi connectivity index (χ1n) is 5.15. The van der Waals surface area contributed by atoms with Crippen LogP contribution in [0, 0.1) is 5.82 Å². The summed E-state index contributed by atoms with van der Waals surface area (Å²) < 4.78 is 23.9. The molecule has 0 aromatic heterocycles. The molecule has 0 amide bonds. The first kappa shape index (κ1) is 10.9. The van der Waals surface area contributed by atoms with Gasteiger partial charge >= 0.3 is 0 Å². The van der Waals surface area contributed by atoms with Gasteiger partial charge in [0, 0.05) is 18.1 Å². The minimum Gasteiger partial charge on any atom is -0.493 e. The Kier molecular flexibility index (Phi) is 2.81. The average Bonchev–Trinajstić information content (AvgIpc) is 2.29. The van der Waals surface area contributed by atoms with E-state index in [1.807, 2.05) is 0 Å². The van der Waals surface area contributed by atoms with Crippen LogP contribution >= 0.6 is 0 Å². The molecular formula is C12H13FO3. The highest BCUT2D eigenvalue weighted by Gasteiger charge is 2.27. The lowest BCUT2D eigenvalue weighted by Crippen LogP contribution is -2.15. The number of methoxy groups -OCH3 is 2. The van der Waals surface area contributed by atoms with Gasteiger partial charge in [0.25, 0.3) is 0 Å². The Bertz CT molecular complexity index is 440. The molecule has 1 aliphatic carbocycles. The predicted molar refractivity (Wildman–Crippen MR) is 56.8 cm³/mol. The van der Waals surface area contributed by atoms with E-state index in [1.165, 1.54) is 20.3 Å². The zero-order valence-electron chi connectivity index (χ0n) is 9.30. The Hall–Kier alpha value is -1.58. The minimum atomic E-state index is -0.388. The molecule has 0 spiro atoms. The molecule has 4 heteroatoms. The van der Waals surface area contributed by atoms with Crippen LogP contribution in [0.4, 0.5) is 4.39 Å². The van der Waals surface area contributed by atoms with Crippen molar-refractivity contribution in [2.75, 3.05) is 14.2 Å². The summed E-state index contributed by atoms with van der Waals surface area (Å²) in [6, 6.07) is 1.27. The number of carbonyl (C=O) groups excluding carboxylic acids is 1. The zero-order valence-corrected chi connectivity index (χ0v) is 9.30. The van der Waals surface area contributed by atoms with E-state index < -0.39 is 0 Å². The predicted octanol–water partition coefficient (Wildman–Crippen LogP) is 2.36. The monoisotopic (exact) mass is 224 g/mol. The average molecular weight is 224 g/mol. The molecule has 0 atom stereocenters. The molecule has 1 aromatic carbocycles. The Labute approximate surface area is 93.2 Å². The molecule has 3 nitrogen and oxygen atoms in total. The molecule has 1 aromatic rings. The molecule has 0 fully saturated rings. The third-order valence-corrected chi connectivity index (χ3v) is 2.83. The van der Waals surface area contributed by atoms with Crippen molar-refractivity contribution in [3.8, 4) is 11.5 Å². The maximum atomic E-state index is 13.7. The zero-order chi connectivity index (χ0) is 11.7. The molecular weight excluding hydrogens is 211 g/mol. The van der Waals surface area contributed by atoms with Crippen molar-refractivity contribution in [2.24, 2.45) is 0 Å². The van der Waals surface area contributed by atoms with Crippen LogP contribution in [-0.2, 0) is 6.42 Å². The molecule has 0 N–H and O–H groups in total. The number of Topliss-reactive ketones (excluding diaryl/α,β-unsaturated/α-hetero) is 1. The molecule has 0 saturated heterocycles. The van der Waals surface area contributed by atoms with Gasteiger partial charge in [-0.2, -0.15) is 0 Å². The third kappa shape index (κ3) is 1.54. The summed E-state index contributed by atoms with van der Waals surface area (Å²) >= 11 is 0. The highest BCUT2D eigenvalue weighted by Crippen LogP contribution is 2.38. The fourth-order valence-corrected chi connectivity index (χ4v) is 2.09. The highest BCUT2D eigenvalue weighted by atomic mass is 19.1. The van der Waals surface area contributed by atoms with Crippen LogP contribution in [0.15, 0.2) is 6.07 Å². The minimum absolute atomic E-state index is 0.0732. The van der Waals surface area contributed by atoms with Crippen molar-refractivity contribution < 1.29 is 18.7 Å². The van der Waals surface area contributed by atoms with E-state index >= 15 is 0 Å². The second kappa shape index (κ2) is 4.12. The Morgan fingerprint density at radius 1 is 1.25 bits per heavy atom. The van der Waals surface area contributed by atoms with Crippen LogP contribution in [-0.4, -0.2) is 20.0 Å². The second-order valence-electron chi connectivity index (χ2n) is 3.72. The van der Waals surface area contributed by atoms with Gasteiger partial charge in [0.05, 0.1) is 19.8 Å². The Morgan fingerprint density at radius 3 is 2.62 bits per heavy atom. The quantitative estimate of drug-likeness (QED) is 0.773. The summed E-state index contributed by atoms with van der Waals surface area (Å²) in [7, 11) is 2.88. The van der Waals surface area contributed by atoms with E-state index in [4.69, 9.17) is 9.47 Å². The number of hydrogen-bond acceptors (Lipinski definition) is 3. The first-order valence-corrected chi connectivity index (χ1v) is 5.15. The van der Waals surface area contributed by atoms with Crippen LogP contribution in [0.1, 0.15) is 28.8 Å². The number of fused-ring (bicyclic) bond motifs is 1. The van der Waals surface area contributed by atoms with Crippen molar-refractivity contribution in [1.29, 1.82) is 0 Å². The third-order valence-electron chi connectivity index (χ3n) is 2.83. The van der Waals surface area contributed by atoms with E-state index in [0.29, 0.717) is 36.1 Å². The van der Waals surface area contributed by atoms with E-state index in [2.05, 4.69) is 0 Å². The lowest BCUT2D eigenvalue weighted by atomic mass is 9.89. The maximum Gasteiger partial charge on any atom is 0.172 e. The number of ketones is 1. The number of halogens is 1. The molecule has 0 bridgehead atoms. The molecule has 0 unspecified atom stereocenters. The molecule has 0 heterocycles. The van der Waals surface area contributed by atoms with Crippen LogP contribution < -0.4 is 9.47 Å². The Morgan fingerprint density at radius 2 is 2.00 bits per heavy atom. The lowest BCUT2D eigenvalue weighted by Gasteiger charge is -2.20.